The van der Waals surface area contributed by atoms with E-state index < -0.39 is 17.9 Å². The highest BCUT2D eigenvalue weighted by atomic mass is 16.5. The Labute approximate surface area is 144 Å². The average molecular weight is 348 g/mol. The third-order valence-corrected chi connectivity index (χ3v) is 3.44. The number of rotatable bonds is 7. The van der Waals surface area contributed by atoms with E-state index in [4.69, 9.17) is 13.9 Å². The summed E-state index contributed by atoms with van der Waals surface area (Å²) in [5.74, 6) is -0.318. The summed E-state index contributed by atoms with van der Waals surface area (Å²) >= 11 is 0. The second-order valence-corrected chi connectivity index (χ2v) is 5.10. The van der Waals surface area contributed by atoms with Gasteiger partial charge >= 0.3 is 11.8 Å². The summed E-state index contributed by atoms with van der Waals surface area (Å²) in [4.78, 5) is 23.8. The fourth-order valence-corrected chi connectivity index (χ4v) is 2.11. The Morgan fingerprint density at radius 3 is 2.64 bits per heavy atom. The van der Waals surface area contributed by atoms with E-state index in [0.29, 0.717) is 22.9 Å². The maximum Gasteiger partial charge on any atom is 0.313 e. The molecule has 0 saturated carbocycles. The van der Waals surface area contributed by atoms with E-state index in [1.807, 2.05) is 0 Å². The predicted molar refractivity (Wildman–Crippen MR) is 89.5 cm³/mol. The van der Waals surface area contributed by atoms with Gasteiger partial charge < -0.3 is 29.6 Å². The van der Waals surface area contributed by atoms with Crippen molar-refractivity contribution >= 4 is 17.5 Å². The molecule has 0 aliphatic carbocycles. The van der Waals surface area contributed by atoms with Gasteiger partial charge in [0.25, 0.3) is 0 Å². The number of amides is 2. The van der Waals surface area contributed by atoms with E-state index >= 15 is 0 Å². The number of anilines is 1. The van der Waals surface area contributed by atoms with E-state index in [1.165, 1.54) is 20.5 Å². The van der Waals surface area contributed by atoms with E-state index in [9.17, 15) is 14.7 Å². The topological polar surface area (TPSA) is 110 Å². The van der Waals surface area contributed by atoms with Crippen molar-refractivity contribution in [1.29, 1.82) is 0 Å². The van der Waals surface area contributed by atoms with E-state index in [-0.39, 0.29) is 13.0 Å². The number of benzene rings is 1. The molecule has 0 spiro atoms. The van der Waals surface area contributed by atoms with E-state index in [2.05, 4.69) is 10.6 Å². The van der Waals surface area contributed by atoms with Crippen molar-refractivity contribution in [2.24, 2.45) is 0 Å². The Kier molecular flexibility index (Phi) is 6.41. The van der Waals surface area contributed by atoms with Gasteiger partial charge in [-0.05, 0) is 30.7 Å². The van der Waals surface area contributed by atoms with Crippen molar-refractivity contribution < 1.29 is 28.6 Å². The average Bonchev–Trinajstić information content (AvgIpc) is 3.16. The molecule has 1 atom stereocenters. The highest BCUT2D eigenvalue weighted by molar-refractivity contribution is 6.39. The lowest BCUT2D eigenvalue weighted by atomic mass is 10.2. The monoisotopic (exact) mass is 348 g/mol. The SMILES string of the molecule is COc1ccc(NC(=O)C(=O)NCCC(O)c2ccco2)c(OC)c1. The molecule has 0 bridgehead atoms. The standard InChI is InChI=1S/C17H20N2O6/c1-23-11-5-6-12(15(10-11)24-2)19-17(22)16(21)18-8-7-13(20)14-4-3-9-25-14/h3-6,9-10,13,20H,7-8H2,1-2H3,(H,18,21)(H,19,22). The van der Waals surface area contributed by atoms with Gasteiger partial charge in [-0.2, -0.15) is 0 Å². The van der Waals surface area contributed by atoms with Crippen molar-refractivity contribution in [3.63, 3.8) is 0 Å². The molecule has 0 fully saturated rings. The van der Waals surface area contributed by atoms with Crippen LogP contribution in [0.1, 0.15) is 18.3 Å². The van der Waals surface area contributed by atoms with Gasteiger partial charge in [-0.1, -0.05) is 0 Å². The van der Waals surface area contributed by atoms with Crippen LogP contribution in [-0.4, -0.2) is 37.7 Å². The minimum atomic E-state index is -0.847. The molecule has 134 valence electrons. The lowest BCUT2D eigenvalue weighted by Gasteiger charge is -2.12. The maximum absolute atomic E-state index is 11.9. The molecule has 1 unspecified atom stereocenters. The Bertz CT molecular complexity index is 714. The molecule has 0 saturated heterocycles. The minimum Gasteiger partial charge on any atom is -0.497 e. The van der Waals surface area contributed by atoms with Crippen molar-refractivity contribution in [2.45, 2.75) is 12.5 Å². The van der Waals surface area contributed by atoms with Crippen LogP contribution in [-0.2, 0) is 9.59 Å². The molecule has 0 aliphatic heterocycles. The first kappa shape index (κ1) is 18.3. The Morgan fingerprint density at radius 2 is 2.00 bits per heavy atom. The van der Waals surface area contributed by atoms with Crippen LogP contribution in [0.15, 0.2) is 41.0 Å². The number of carbonyl (C=O) groups excluding carboxylic acids is 2. The Hall–Kier alpha value is -3.00. The number of aliphatic hydroxyl groups excluding tert-OH is 1. The summed E-state index contributed by atoms with van der Waals surface area (Å²) in [5, 5.41) is 14.7. The molecule has 2 aromatic rings. The third kappa shape index (κ3) is 4.98. The molecule has 0 radical (unpaired) electrons. The molecule has 1 heterocycles. The first-order valence-electron chi connectivity index (χ1n) is 7.57. The van der Waals surface area contributed by atoms with Gasteiger partial charge in [0.1, 0.15) is 23.4 Å². The number of nitrogens with one attached hydrogen (secondary N) is 2. The zero-order chi connectivity index (χ0) is 18.2. The summed E-state index contributed by atoms with van der Waals surface area (Å²) in [6.45, 7) is 0.119. The molecular weight excluding hydrogens is 328 g/mol. The van der Waals surface area contributed by atoms with Gasteiger partial charge in [0, 0.05) is 12.6 Å². The first-order chi connectivity index (χ1) is 12.0. The van der Waals surface area contributed by atoms with Crippen molar-refractivity contribution in [3.05, 3.63) is 42.4 Å². The molecule has 8 heteroatoms. The minimum absolute atomic E-state index is 0.119. The lowest BCUT2D eigenvalue weighted by Crippen LogP contribution is -2.36. The van der Waals surface area contributed by atoms with Gasteiger partial charge in [-0.15, -0.1) is 0 Å². The molecule has 1 aromatic heterocycles. The van der Waals surface area contributed by atoms with Crippen LogP contribution in [0.3, 0.4) is 0 Å². The fraction of sp³-hybridized carbons (Fsp3) is 0.294. The summed E-state index contributed by atoms with van der Waals surface area (Å²) in [7, 11) is 2.96. The van der Waals surface area contributed by atoms with Crippen molar-refractivity contribution in [3.8, 4) is 11.5 Å². The van der Waals surface area contributed by atoms with Gasteiger partial charge in [0.05, 0.1) is 26.2 Å². The maximum atomic E-state index is 11.9. The predicted octanol–water partition coefficient (Wildman–Crippen LogP) is 1.48. The van der Waals surface area contributed by atoms with Gasteiger partial charge in [-0.3, -0.25) is 9.59 Å². The second-order valence-electron chi connectivity index (χ2n) is 5.10. The lowest BCUT2D eigenvalue weighted by molar-refractivity contribution is -0.136. The number of methoxy groups -OCH3 is 2. The zero-order valence-electron chi connectivity index (χ0n) is 13.9. The normalized spacial score (nSPS) is 11.5. The van der Waals surface area contributed by atoms with Crippen LogP contribution in [0, 0.1) is 0 Å². The van der Waals surface area contributed by atoms with Gasteiger partial charge in [0.2, 0.25) is 0 Å². The fourth-order valence-electron chi connectivity index (χ4n) is 2.11. The molecule has 2 rings (SSSR count). The molecule has 8 nitrogen and oxygen atoms in total. The van der Waals surface area contributed by atoms with Crippen molar-refractivity contribution in [2.75, 3.05) is 26.1 Å². The van der Waals surface area contributed by atoms with Crippen LogP contribution in [0.4, 0.5) is 5.69 Å². The number of ether oxygens (including phenoxy) is 2. The number of aliphatic hydroxyl groups is 1. The Balaban J connectivity index is 1.85. The number of hydrogen-bond acceptors (Lipinski definition) is 6. The highest BCUT2D eigenvalue weighted by Crippen LogP contribution is 2.28. The molecule has 0 aliphatic rings. The molecule has 25 heavy (non-hydrogen) atoms. The largest absolute Gasteiger partial charge is 0.497 e. The quantitative estimate of drug-likeness (QED) is 0.654. The van der Waals surface area contributed by atoms with E-state index in [0.717, 1.165) is 0 Å². The molecule has 2 amide bonds. The summed E-state index contributed by atoms with van der Waals surface area (Å²) < 4.78 is 15.3. The Morgan fingerprint density at radius 1 is 1.20 bits per heavy atom. The van der Waals surface area contributed by atoms with E-state index in [1.54, 1.807) is 30.3 Å². The van der Waals surface area contributed by atoms with Gasteiger partial charge in [0.15, 0.2) is 0 Å². The smallest absolute Gasteiger partial charge is 0.313 e. The number of furan rings is 1. The zero-order valence-corrected chi connectivity index (χ0v) is 13.9. The van der Waals surface area contributed by atoms with Crippen LogP contribution in [0.5, 0.6) is 11.5 Å². The van der Waals surface area contributed by atoms with Gasteiger partial charge in [-0.25, -0.2) is 0 Å². The van der Waals surface area contributed by atoms with Crippen molar-refractivity contribution in [1.82, 2.24) is 5.32 Å². The second kappa shape index (κ2) is 8.74. The van der Waals surface area contributed by atoms with Crippen LogP contribution in [0.2, 0.25) is 0 Å². The molecule has 1 aromatic carbocycles. The number of carbonyl (C=O) groups is 2. The molecular formula is C17H20N2O6. The molecule has 3 N–H and O–H groups in total. The van der Waals surface area contributed by atoms with Crippen LogP contribution in [0.25, 0.3) is 0 Å². The van der Waals surface area contributed by atoms with Crippen LogP contribution < -0.4 is 20.1 Å². The number of hydrogen-bond donors (Lipinski definition) is 3. The highest BCUT2D eigenvalue weighted by Gasteiger charge is 2.17. The summed E-state index contributed by atoms with van der Waals surface area (Å²) in [6, 6.07) is 8.09. The summed E-state index contributed by atoms with van der Waals surface area (Å²) in [5.41, 5.74) is 0.346. The first-order valence-corrected chi connectivity index (χ1v) is 7.57. The third-order valence-electron chi connectivity index (χ3n) is 3.44. The van der Waals surface area contributed by atoms with Crippen LogP contribution >= 0.6 is 0 Å². The summed E-state index contributed by atoms with van der Waals surface area (Å²) in [6.07, 6.45) is 0.825.